The Labute approximate surface area is 174 Å². The Morgan fingerprint density at radius 1 is 1.30 bits per heavy atom. The van der Waals surface area contributed by atoms with Crippen molar-refractivity contribution in [2.75, 3.05) is 19.8 Å². The molecule has 2 rings (SSSR count). The van der Waals surface area contributed by atoms with E-state index in [2.05, 4.69) is 12.2 Å². The van der Waals surface area contributed by atoms with E-state index in [-0.39, 0.29) is 11.9 Å². The summed E-state index contributed by atoms with van der Waals surface area (Å²) >= 11 is 13.3. The molecule has 0 aromatic carbocycles. The zero-order valence-corrected chi connectivity index (χ0v) is 18.1. The second-order valence-electron chi connectivity index (χ2n) is 7.39. The minimum atomic E-state index is -1.43. The van der Waals surface area contributed by atoms with Crippen LogP contribution in [0, 0.1) is 5.92 Å². The van der Waals surface area contributed by atoms with E-state index in [4.69, 9.17) is 27.9 Å². The maximum absolute atomic E-state index is 12.8. The van der Waals surface area contributed by atoms with Crippen molar-refractivity contribution in [3.05, 3.63) is 0 Å². The summed E-state index contributed by atoms with van der Waals surface area (Å²) in [6, 6.07) is -1.23. The number of alkyl halides is 2. The van der Waals surface area contributed by atoms with Gasteiger partial charge in [-0.1, -0.05) is 13.3 Å². The summed E-state index contributed by atoms with van der Waals surface area (Å²) in [5.74, 6) is 0.232. The van der Waals surface area contributed by atoms with Crippen LogP contribution >= 0.6 is 35.0 Å². The van der Waals surface area contributed by atoms with Gasteiger partial charge in [0.25, 0.3) is 0 Å². The van der Waals surface area contributed by atoms with E-state index in [9.17, 15) is 20.1 Å². The van der Waals surface area contributed by atoms with E-state index in [1.54, 1.807) is 6.26 Å². The Bertz CT molecular complexity index is 502. The maximum atomic E-state index is 12.8. The van der Waals surface area contributed by atoms with Crippen LogP contribution in [0.4, 0.5) is 0 Å². The molecular formula is C17H30Cl2N2O5S. The van der Waals surface area contributed by atoms with Crippen LogP contribution in [-0.4, -0.2) is 92.7 Å². The number of hydrogen-bond donors (Lipinski definition) is 4. The summed E-state index contributed by atoms with van der Waals surface area (Å²) in [6.07, 6.45) is -0.539. The van der Waals surface area contributed by atoms with Crippen LogP contribution < -0.4 is 5.32 Å². The number of amides is 1. The third-order valence-corrected chi connectivity index (χ3v) is 6.81. The first-order chi connectivity index (χ1) is 12.7. The molecule has 0 saturated carbocycles. The Balaban J connectivity index is 2.09. The van der Waals surface area contributed by atoms with Crippen molar-refractivity contribution >= 4 is 40.9 Å². The highest BCUT2D eigenvalue weighted by atomic mass is 35.5. The van der Waals surface area contributed by atoms with Crippen LogP contribution in [0.25, 0.3) is 0 Å². The van der Waals surface area contributed by atoms with Crippen molar-refractivity contribution in [2.45, 2.75) is 73.0 Å². The van der Waals surface area contributed by atoms with Crippen molar-refractivity contribution in [1.82, 2.24) is 10.2 Å². The van der Waals surface area contributed by atoms with Gasteiger partial charge in [0.1, 0.15) is 34.7 Å². The maximum Gasteiger partial charge on any atom is 0.237 e. The molecule has 2 aliphatic heterocycles. The van der Waals surface area contributed by atoms with E-state index in [0.29, 0.717) is 5.92 Å². The molecule has 2 saturated heterocycles. The van der Waals surface area contributed by atoms with Crippen molar-refractivity contribution in [3.8, 4) is 0 Å². The molecule has 8 atom stereocenters. The number of aliphatic hydroxyl groups is 3. The van der Waals surface area contributed by atoms with Crippen molar-refractivity contribution in [3.63, 3.8) is 0 Å². The fourth-order valence-corrected chi connectivity index (χ4v) is 5.04. The predicted molar refractivity (Wildman–Crippen MR) is 107 cm³/mol. The molecule has 1 amide bonds. The van der Waals surface area contributed by atoms with Gasteiger partial charge in [0.05, 0.1) is 12.1 Å². The molecule has 0 unspecified atom stereocenters. The molecule has 4 N–H and O–H groups in total. The lowest BCUT2D eigenvalue weighted by Crippen LogP contribution is -2.64. The SMILES string of the molecule is CCC[C@H]1C[C@@H](C(=O)N[C@@H](C(Cl)Cl)[C@H]2O[C@@H](SC)[C@@H](O)[C@@H](O)[C@H]2O)N(C)C1. The molecule has 27 heavy (non-hydrogen) atoms. The van der Waals surface area contributed by atoms with E-state index in [1.807, 2.05) is 11.9 Å². The van der Waals surface area contributed by atoms with Gasteiger partial charge in [0, 0.05) is 6.54 Å². The van der Waals surface area contributed by atoms with Crippen molar-refractivity contribution in [1.29, 1.82) is 0 Å². The number of aliphatic hydroxyl groups excluding tert-OH is 3. The normalized spacial score (nSPS) is 38.9. The molecule has 0 radical (unpaired) electrons. The molecule has 0 aromatic rings. The lowest BCUT2D eigenvalue weighted by molar-refractivity contribution is -0.204. The molecule has 2 fully saturated rings. The number of halogens is 2. The largest absolute Gasteiger partial charge is 0.388 e. The Hall–Kier alpha value is 0.200. The summed E-state index contributed by atoms with van der Waals surface area (Å²) < 4.78 is 5.71. The average Bonchev–Trinajstić information content (AvgIpc) is 2.99. The zero-order chi connectivity index (χ0) is 20.3. The molecule has 7 nitrogen and oxygen atoms in total. The van der Waals surface area contributed by atoms with Gasteiger partial charge in [-0.05, 0) is 32.1 Å². The Morgan fingerprint density at radius 3 is 2.52 bits per heavy atom. The van der Waals surface area contributed by atoms with Crippen LogP contribution in [0.2, 0.25) is 0 Å². The first kappa shape index (κ1) is 23.5. The summed E-state index contributed by atoms with van der Waals surface area (Å²) in [7, 11) is 1.91. The second kappa shape index (κ2) is 10.3. The van der Waals surface area contributed by atoms with Crippen LogP contribution in [-0.2, 0) is 9.53 Å². The van der Waals surface area contributed by atoms with Gasteiger partial charge in [-0.25, -0.2) is 0 Å². The number of carbonyl (C=O) groups excluding carboxylic acids is 1. The summed E-state index contributed by atoms with van der Waals surface area (Å²) in [4.78, 5) is 13.8. The molecule has 0 bridgehead atoms. The highest BCUT2D eigenvalue weighted by Gasteiger charge is 2.48. The summed E-state index contributed by atoms with van der Waals surface area (Å²) in [5, 5.41) is 33.3. The number of thioether (sulfide) groups is 1. The second-order valence-corrected chi connectivity index (χ2v) is 9.49. The lowest BCUT2D eigenvalue weighted by Gasteiger charge is -2.43. The summed E-state index contributed by atoms with van der Waals surface area (Å²) in [5.41, 5.74) is -0.761. The molecule has 0 aliphatic carbocycles. The summed E-state index contributed by atoms with van der Waals surface area (Å²) in [6.45, 7) is 2.97. The van der Waals surface area contributed by atoms with Gasteiger partial charge in [-0.2, -0.15) is 0 Å². The predicted octanol–water partition coefficient (Wildman–Crippen LogP) is 0.566. The molecule has 0 spiro atoms. The monoisotopic (exact) mass is 444 g/mol. The average molecular weight is 445 g/mol. The highest BCUT2D eigenvalue weighted by molar-refractivity contribution is 7.99. The first-order valence-corrected chi connectivity index (χ1v) is 11.4. The lowest BCUT2D eigenvalue weighted by atomic mass is 9.94. The standard InChI is InChI=1S/C17H30Cl2N2O5S/c1-4-5-8-6-9(21(2)7-8)16(25)20-10(15(18)19)14-12(23)11(22)13(24)17(26-14)27-3/h8-15,17,22-24H,4-7H2,1-3H3,(H,20,25)/t8-,9-,10+,11-,12+,13-,14+,17-/m0/s1. The number of likely N-dealkylation sites (tertiary alicyclic amines) is 1. The van der Waals surface area contributed by atoms with Gasteiger partial charge in [0.15, 0.2) is 0 Å². The van der Waals surface area contributed by atoms with Gasteiger partial charge in [0.2, 0.25) is 5.91 Å². The first-order valence-electron chi connectivity index (χ1n) is 9.22. The third kappa shape index (κ3) is 5.42. The van der Waals surface area contributed by atoms with Crippen molar-refractivity contribution in [2.24, 2.45) is 5.92 Å². The van der Waals surface area contributed by atoms with Gasteiger partial charge < -0.3 is 25.4 Å². The third-order valence-electron chi connectivity index (χ3n) is 5.41. The quantitative estimate of drug-likeness (QED) is 0.425. The number of rotatable bonds is 7. The van der Waals surface area contributed by atoms with E-state index in [1.165, 1.54) is 11.8 Å². The topological polar surface area (TPSA) is 102 Å². The minimum absolute atomic E-state index is 0.232. The number of nitrogens with zero attached hydrogens (tertiary/aromatic N) is 1. The Kier molecular flexibility index (Phi) is 8.95. The smallest absolute Gasteiger partial charge is 0.237 e. The van der Waals surface area contributed by atoms with Crippen LogP contribution in [0.15, 0.2) is 0 Å². The molecule has 158 valence electrons. The zero-order valence-electron chi connectivity index (χ0n) is 15.8. The molecule has 2 aliphatic rings. The number of nitrogens with one attached hydrogen (secondary N) is 1. The fraction of sp³-hybridized carbons (Fsp3) is 0.941. The van der Waals surface area contributed by atoms with E-state index < -0.39 is 40.7 Å². The number of hydrogen-bond acceptors (Lipinski definition) is 7. The van der Waals surface area contributed by atoms with Gasteiger partial charge in [-0.15, -0.1) is 35.0 Å². The number of likely N-dealkylation sites (N-methyl/N-ethyl adjacent to an activating group) is 1. The van der Waals surface area contributed by atoms with Crippen LogP contribution in [0.1, 0.15) is 26.2 Å². The molecule has 10 heteroatoms. The highest BCUT2D eigenvalue weighted by Crippen LogP contribution is 2.31. The Morgan fingerprint density at radius 2 is 1.96 bits per heavy atom. The van der Waals surface area contributed by atoms with E-state index in [0.717, 1.165) is 25.8 Å². The van der Waals surface area contributed by atoms with Gasteiger partial charge in [-0.3, -0.25) is 9.69 Å². The molecule has 0 aromatic heterocycles. The van der Waals surface area contributed by atoms with Crippen molar-refractivity contribution < 1.29 is 24.9 Å². The van der Waals surface area contributed by atoms with Gasteiger partial charge >= 0.3 is 0 Å². The molecular weight excluding hydrogens is 415 g/mol. The fourth-order valence-electron chi connectivity index (χ4n) is 3.94. The molecule has 2 heterocycles. The number of ether oxygens (including phenoxy) is 1. The minimum Gasteiger partial charge on any atom is -0.388 e. The van der Waals surface area contributed by atoms with E-state index >= 15 is 0 Å². The van der Waals surface area contributed by atoms with Crippen LogP contribution in [0.5, 0.6) is 0 Å². The van der Waals surface area contributed by atoms with Crippen LogP contribution in [0.3, 0.4) is 0 Å². The number of carbonyl (C=O) groups is 1.